The number of fused-ring (bicyclic) bond motifs is 3. The van der Waals surface area contributed by atoms with Crippen LogP contribution in [0.3, 0.4) is 0 Å². The zero-order valence-corrected chi connectivity index (χ0v) is 30.8. The summed E-state index contributed by atoms with van der Waals surface area (Å²) in [5.74, 6) is -0.989. The molecule has 4 aromatic rings. The van der Waals surface area contributed by atoms with E-state index in [4.69, 9.17) is 9.16 Å². The Bertz CT molecular complexity index is 1900. The highest BCUT2D eigenvalue weighted by molar-refractivity contribution is 6.99. The summed E-state index contributed by atoms with van der Waals surface area (Å²) in [4.78, 5) is 33.1. The number of benzene rings is 3. The van der Waals surface area contributed by atoms with Crippen LogP contribution in [-0.2, 0) is 18.8 Å². The highest BCUT2D eigenvalue weighted by atomic mass is 28.4. The van der Waals surface area contributed by atoms with Gasteiger partial charge < -0.3 is 14.3 Å². The summed E-state index contributed by atoms with van der Waals surface area (Å²) in [6.45, 7) is 7.57. The van der Waals surface area contributed by atoms with Gasteiger partial charge in [-0.05, 0) is 87.3 Å². The van der Waals surface area contributed by atoms with E-state index in [1.165, 1.54) is 15.3 Å². The van der Waals surface area contributed by atoms with E-state index >= 15 is 0 Å². The number of aromatic hydroxyl groups is 1. The molecule has 3 aliphatic rings. The zero-order valence-electron chi connectivity index (χ0n) is 29.8. The van der Waals surface area contributed by atoms with E-state index < -0.39 is 20.2 Å². The van der Waals surface area contributed by atoms with Crippen LogP contribution in [0.2, 0.25) is 5.04 Å². The number of nitrogens with zero attached hydrogens (tertiary/aromatic N) is 2. The summed E-state index contributed by atoms with van der Waals surface area (Å²) in [7, 11) is -1.26. The van der Waals surface area contributed by atoms with Crippen molar-refractivity contribution in [1.29, 1.82) is 0 Å². The largest absolute Gasteiger partial charge is 0.508 e. The molecule has 0 saturated carbocycles. The fourth-order valence-corrected chi connectivity index (χ4v) is 13.2. The number of carbonyl (C=O) groups is 2. The number of ether oxygens (including phenoxy) is 1. The van der Waals surface area contributed by atoms with Crippen LogP contribution in [0, 0.1) is 17.8 Å². The van der Waals surface area contributed by atoms with Crippen molar-refractivity contribution in [3.63, 3.8) is 0 Å². The van der Waals surface area contributed by atoms with Gasteiger partial charge in [-0.15, -0.1) is 0 Å². The summed E-state index contributed by atoms with van der Waals surface area (Å²) < 4.78 is 14.1. The highest BCUT2D eigenvalue weighted by Gasteiger charge is 2.57. The minimum absolute atomic E-state index is 0.106. The molecule has 7 rings (SSSR count). The number of allylic oxidation sites excluding steroid dienone is 1. The van der Waals surface area contributed by atoms with Gasteiger partial charge in [0.05, 0.1) is 36.8 Å². The zero-order chi connectivity index (χ0) is 35.8. The normalized spacial score (nSPS) is 22.4. The second kappa shape index (κ2) is 14.2. The van der Waals surface area contributed by atoms with Gasteiger partial charge in [0.2, 0.25) is 11.8 Å². The van der Waals surface area contributed by atoms with Crippen molar-refractivity contribution in [2.45, 2.75) is 51.2 Å². The molecular weight excluding hydrogens is 653 g/mol. The van der Waals surface area contributed by atoms with Crippen LogP contribution in [0.15, 0.2) is 120 Å². The first-order chi connectivity index (χ1) is 24.6. The highest BCUT2D eigenvalue weighted by Crippen LogP contribution is 2.50. The van der Waals surface area contributed by atoms with Crippen molar-refractivity contribution in [2.24, 2.45) is 17.8 Å². The van der Waals surface area contributed by atoms with E-state index in [1.807, 2.05) is 42.5 Å². The van der Waals surface area contributed by atoms with Crippen LogP contribution < -0.4 is 10.4 Å². The molecule has 0 bridgehead atoms. The molecule has 0 radical (unpaired) electrons. The van der Waals surface area contributed by atoms with E-state index in [-0.39, 0.29) is 34.6 Å². The average Bonchev–Trinajstić information content (AvgIpc) is 3.66. The van der Waals surface area contributed by atoms with Crippen molar-refractivity contribution >= 4 is 42.2 Å². The quantitative estimate of drug-likeness (QED) is 0.114. The fourth-order valence-electron chi connectivity index (χ4n) is 8.61. The van der Waals surface area contributed by atoms with Crippen molar-refractivity contribution in [3.8, 4) is 5.75 Å². The van der Waals surface area contributed by atoms with Gasteiger partial charge in [0.15, 0.2) is 0 Å². The number of pyridine rings is 1. The molecule has 3 heterocycles. The lowest BCUT2D eigenvalue weighted by Gasteiger charge is -2.44. The number of imide groups is 1. The SMILES string of the molecule is CN1C(=O)[C@@H]2[C@@H](CC(CO[Si](c3ccccc3)(c3ccccc3)C(C)(C)C)=C3[C@@H](CC/C(=C/c4ccc(O)cc4)c4ccccn4)OC[C@@H]32)C1=O. The Labute approximate surface area is 301 Å². The molecule has 2 aliphatic heterocycles. The number of aromatic nitrogens is 1. The summed E-state index contributed by atoms with van der Waals surface area (Å²) in [5, 5.41) is 12.1. The van der Waals surface area contributed by atoms with Crippen molar-refractivity contribution < 1.29 is 23.9 Å². The maximum absolute atomic E-state index is 13.6. The summed E-state index contributed by atoms with van der Waals surface area (Å²) in [5.41, 5.74) is 5.13. The first-order valence-corrected chi connectivity index (χ1v) is 19.8. The molecule has 2 fully saturated rings. The van der Waals surface area contributed by atoms with Crippen molar-refractivity contribution in [2.75, 3.05) is 20.3 Å². The molecule has 3 aromatic carbocycles. The van der Waals surface area contributed by atoms with E-state index in [0.29, 0.717) is 32.5 Å². The maximum Gasteiger partial charge on any atom is 0.261 e. The van der Waals surface area contributed by atoms with Gasteiger partial charge in [0.1, 0.15) is 5.75 Å². The van der Waals surface area contributed by atoms with Gasteiger partial charge in [-0.3, -0.25) is 19.5 Å². The van der Waals surface area contributed by atoms with Gasteiger partial charge in [-0.2, -0.15) is 0 Å². The minimum Gasteiger partial charge on any atom is -0.508 e. The Morgan fingerprint density at radius 1 is 0.902 bits per heavy atom. The molecule has 2 amide bonds. The van der Waals surface area contributed by atoms with Crippen molar-refractivity contribution in [1.82, 2.24) is 9.88 Å². The van der Waals surface area contributed by atoms with Crippen LogP contribution in [0.4, 0.5) is 0 Å². The smallest absolute Gasteiger partial charge is 0.261 e. The van der Waals surface area contributed by atoms with Gasteiger partial charge in [-0.25, -0.2) is 0 Å². The molecule has 262 valence electrons. The summed E-state index contributed by atoms with van der Waals surface area (Å²) in [6.07, 6.45) is 5.54. The first kappa shape index (κ1) is 34.8. The predicted molar refractivity (Wildman–Crippen MR) is 203 cm³/mol. The first-order valence-electron chi connectivity index (χ1n) is 17.9. The third kappa shape index (κ3) is 6.52. The summed E-state index contributed by atoms with van der Waals surface area (Å²) in [6, 6.07) is 34.3. The lowest BCUT2D eigenvalue weighted by molar-refractivity contribution is -0.138. The molecule has 1 N–H and O–H groups in total. The fraction of sp³-hybridized carbons (Fsp3) is 0.326. The van der Waals surface area contributed by atoms with Gasteiger partial charge in [-0.1, -0.05) is 99.6 Å². The number of likely N-dealkylation sites (tertiary alicyclic amines) is 1. The molecule has 7 nitrogen and oxygen atoms in total. The molecule has 8 heteroatoms. The number of phenols is 1. The monoisotopic (exact) mass is 698 g/mol. The number of hydrogen-bond acceptors (Lipinski definition) is 6. The Hall–Kier alpha value is -4.63. The predicted octanol–water partition coefficient (Wildman–Crippen LogP) is 6.63. The second-order valence-electron chi connectivity index (χ2n) is 15.0. The van der Waals surface area contributed by atoms with E-state index in [1.54, 1.807) is 25.4 Å². The standard InChI is InChI=1S/C43H46N2O5Si/c1-43(2,3)51(33-13-7-5-8-14-33,34-15-9-6-10-16-34)50-27-31-26-35-40(42(48)45(4)41(35)47)36-28-49-38(39(31)36)23-20-30(37-17-11-12-24-44-37)25-29-18-21-32(46)22-19-29/h5-19,21-22,24-25,35-36,38,40,46H,20,23,26-28H2,1-4H3/b30-25-/t35-,36+,38-,40-/m1/s1. The molecule has 2 saturated heterocycles. The van der Waals surface area contributed by atoms with Gasteiger partial charge >= 0.3 is 0 Å². The van der Waals surface area contributed by atoms with Crippen molar-refractivity contribution in [3.05, 3.63) is 132 Å². The third-order valence-corrected chi connectivity index (χ3v) is 16.0. The molecular formula is C43H46N2O5Si. The lowest BCUT2D eigenvalue weighted by Crippen LogP contribution is -2.66. The van der Waals surface area contributed by atoms with E-state index in [0.717, 1.165) is 28.0 Å². The molecule has 0 spiro atoms. The second-order valence-corrected chi connectivity index (χ2v) is 19.3. The summed E-state index contributed by atoms with van der Waals surface area (Å²) >= 11 is 0. The Morgan fingerprint density at radius 2 is 1.55 bits per heavy atom. The molecule has 1 aliphatic carbocycles. The molecule has 1 aromatic heterocycles. The number of carbonyl (C=O) groups excluding carboxylic acids is 2. The van der Waals surface area contributed by atoms with Gasteiger partial charge in [0, 0.05) is 19.2 Å². The number of phenolic OH excluding ortho intramolecular Hbond substituents is 1. The Kier molecular flexibility index (Phi) is 9.67. The molecule has 51 heavy (non-hydrogen) atoms. The lowest BCUT2D eigenvalue weighted by atomic mass is 9.69. The maximum atomic E-state index is 13.6. The van der Waals surface area contributed by atoms with Crippen LogP contribution in [-0.4, -0.2) is 61.5 Å². The Balaban J connectivity index is 1.27. The number of amides is 2. The van der Waals surface area contributed by atoms with Crippen LogP contribution >= 0.6 is 0 Å². The molecule has 0 unspecified atom stereocenters. The van der Waals surface area contributed by atoms with Crippen LogP contribution in [0.1, 0.15) is 51.3 Å². The van der Waals surface area contributed by atoms with Crippen LogP contribution in [0.5, 0.6) is 5.75 Å². The third-order valence-electron chi connectivity index (χ3n) is 11.0. The average molecular weight is 699 g/mol. The van der Waals surface area contributed by atoms with E-state index in [9.17, 15) is 14.7 Å². The minimum atomic E-state index is -2.88. The van der Waals surface area contributed by atoms with Gasteiger partial charge in [0.25, 0.3) is 8.32 Å². The number of hydrogen-bond donors (Lipinski definition) is 1. The van der Waals surface area contributed by atoms with E-state index in [2.05, 4.69) is 80.4 Å². The molecule has 4 atom stereocenters. The number of rotatable bonds is 10. The van der Waals surface area contributed by atoms with Crippen LogP contribution in [0.25, 0.3) is 11.6 Å². The topological polar surface area (TPSA) is 89.0 Å². The Morgan fingerprint density at radius 3 is 2.16 bits per heavy atom.